The van der Waals surface area contributed by atoms with Crippen LogP contribution in [0.25, 0.3) is 0 Å². The number of ether oxygens (including phenoxy) is 1. The minimum absolute atomic E-state index is 0.119. The van der Waals surface area contributed by atoms with Crippen molar-refractivity contribution in [1.82, 2.24) is 0 Å². The van der Waals surface area contributed by atoms with Gasteiger partial charge in [-0.1, -0.05) is 162 Å². The van der Waals surface area contributed by atoms with E-state index in [4.69, 9.17) is 13.6 Å². The highest BCUT2D eigenvalue weighted by Crippen LogP contribution is 2.19. The average molecular weight is 768 g/mol. The molecule has 49 heavy (non-hydrogen) atoms. The number of hydrogen-bond donors (Lipinski definition) is 0. The van der Waals surface area contributed by atoms with Crippen molar-refractivity contribution in [3.05, 3.63) is 48.6 Å². The summed E-state index contributed by atoms with van der Waals surface area (Å²) < 4.78 is 19.3. The lowest BCUT2D eigenvalue weighted by Crippen LogP contribution is -2.40. The Balaban J connectivity index is 4.10. The van der Waals surface area contributed by atoms with E-state index in [1.54, 1.807) is 0 Å². The lowest BCUT2D eigenvalue weighted by molar-refractivity contribution is -0.104. The first kappa shape index (κ1) is 48.5. The molecule has 5 heteroatoms. The molecule has 0 aliphatic rings. The lowest BCUT2D eigenvalue weighted by Gasteiger charge is -2.29. The second-order valence-electron chi connectivity index (χ2n) is 14.4. The van der Waals surface area contributed by atoms with Gasteiger partial charge in [0, 0.05) is 18.5 Å². The van der Waals surface area contributed by atoms with Crippen LogP contribution in [0.3, 0.4) is 0 Å². The van der Waals surface area contributed by atoms with Gasteiger partial charge in [-0.15, -0.1) is 0 Å². The van der Waals surface area contributed by atoms with Gasteiger partial charge in [0.25, 0.3) is 0 Å². The summed E-state index contributed by atoms with van der Waals surface area (Å²) in [7, 11) is -2.22. The normalized spacial score (nSPS) is 13.3. The van der Waals surface area contributed by atoms with E-state index < -0.39 is 8.56 Å². The van der Waals surface area contributed by atoms with Crippen molar-refractivity contribution in [3.8, 4) is 0 Å². The van der Waals surface area contributed by atoms with E-state index in [1.165, 1.54) is 148 Å². The van der Waals surface area contributed by atoms with Crippen LogP contribution >= 0.6 is 15.9 Å². The fourth-order valence-corrected chi connectivity index (χ4v) is 7.74. The summed E-state index contributed by atoms with van der Waals surface area (Å²) in [6.07, 6.45) is 53.6. The molecule has 1 unspecified atom stereocenters. The molecule has 0 radical (unpaired) electrons. The Kier molecular flexibility index (Phi) is 39.9. The first-order valence-corrected chi connectivity index (χ1v) is 25.1. The maximum Gasteiger partial charge on any atom is 0.333 e. The Bertz CT molecular complexity index is 763. The zero-order valence-electron chi connectivity index (χ0n) is 33.2. The van der Waals surface area contributed by atoms with Crippen LogP contribution in [0.15, 0.2) is 48.6 Å². The Hall–Kier alpha value is -0.463. The molecule has 0 saturated carbocycles. The molecule has 0 fully saturated rings. The average Bonchev–Trinajstić information content (AvgIpc) is 3.09. The van der Waals surface area contributed by atoms with E-state index in [0.29, 0.717) is 0 Å². The first-order valence-electron chi connectivity index (χ1n) is 21.1. The molecule has 0 aliphatic carbocycles. The molecule has 288 valence electrons. The van der Waals surface area contributed by atoms with Gasteiger partial charge < -0.3 is 13.6 Å². The molecule has 0 saturated heterocycles. The van der Waals surface area contributed by atoms with E-state index >= 15 is 0 Å². The fourth-order valence-electron chi connectivity index (χ4n) is 5.82. The highest BCUT2D eigenvalue weighted by Gasteiger charge is 2.29. The molecule has 0 amide bonds. The zero-order chi connectivity index (χ0) is 35.8. The summed E-state index contributed by atoms with van der Waals surface area (Å²) in [5.74, 6) is 0. The third kappa shape index (κ3) is 40.2. The largest absolute Gasteiger partial charge is 0.394 e. The lowest BCUT2D eigenvalue weighted by atomic mass is 10.1. The van der Waals surface area contributed by atoms with Gasteiger partial charge in [-0.25, -0.2) is 0 Å². The van der Waals surface area contributed by atoms with Crippen LogP contribution in [0.4, 0.5) is 0 Å². The van der Waals surface area contributed by atoms with Crippen LogP contribution in [0.2, 0.25) is 13.1 Å². The van der Waals surface area contributed by atoms with Crippen LogP contribution in [0.5, 0.6) is 0 Å². The second kappa shape index (κ2) is 40.3. The van der Waals surface area contributed by atoms with Gasteiger partial charge in [0.05, 0.1) is 0 Å². The Labute approximate surface area is 317 Å². The Morgan fingerprint density at radius 2 is 0.878 bits per heavy atom. The van der Waals surface area contributed by atoms with E-state index in [1.807, 2.05) is 0 Å². The molecule has 0 aliphatic heterocycles. The highest BCUT2D eigenvalue weighted by molar-refractivity contribution is 9.09. The standard InChI is InChI=1S/C44H83BrO3Si/c1-5-7-9-11-13-15-17-19-21-23-25-27-29-31-34-39-43-47-49(3,4)48-44(46-42-38-35-33-37-41-45)40-36-32-30-28-26-24-22-20-18-16-14-12-10-8-6-2/h13-16,19-22,44H,5-12,17-18,23-43H2,1-4H3/b15-13-,16-14-,21-19-,22-20-. The predicted octanol–water partition coefficient (Wildman–Crippen LogP) is 15.6. The quantitative estimate of drug-likeness (QED) is 0.0205. The van der Waals surface area contributed by atoms with Crippen LogP contribution < -0.4 is 0 Å². The maximum absolute atomic E-state index is 6.58. The van der Waals surface area contributed by atoms with Crippen molar-refractivity contribution >= 4 is 24.5 Å². The van der Waals surface area contributed by atoms with Gasteiger partial charge in [-0.3, -0.25) is 0 Å². The number of rotatable bonds is 39. The third-order valence-electron chi connectivity index (χ3n) is 8.93. The molecular formula is C44H83BrO3Si. The molecule has 0 rings (SSSR count). The van der Waals surface area contributed by atoms with Gasteiger partial charge in [0.15, 0.2) is 0 Å². The summed E-state index contributed by atoms with van der Waals surface area (Å²) in [6, 6.07) is 0. The first-order chi connectivity index (χ1) is 24.1. The number of alkyl halides is 1. The van der Waals surface area contributed by atoms with Gasteiger partial charge in [-0.2, -0.15) is 0 Å². The monoisotopic (exact) mass is 767 g/mol. The summed E-state index contributed by atoms with van der Waals surface area (Å²) in [5.41, 5.74) is 0. The molecular weight excluding hydrogens is 684 g/mol. The minimum atomic E-state index is -2.22. The van der Waals surface area contributed by atoms with E-state index in [0.717, 1.165) is 50.6 Å². The van der Waals surface area contributed by atoms with Gasteiger partial charge in [0.1, 0.15) is 6.29 Å². The van der Waals surface area contributed by atoms with Crippen LogP contribution in [-0.2, 0) is 13.6 Å². The van der Waals surface area contributed by atoms with Gasteiger partial charge in [-0.05, 0) is 109 Å². The van der Waals surface area contributed by atoms with Crippen molar-refractivity contribution in [2.75, 3.05) is 18.5 Å². The fraction of sp³-hybridized carbons (Fsp3) is 0.818. The van der Waals surface area contributed by atoms with E-state index in [9.17, 15) is 0 Å². The van der Waals surface area contributed by atoms with Crippen LogP contribution in [0, 0.1) is 0 Å². The molecule has 3 nitrogen and oxygen atoms in total. The van der Waals surface area contributed by atoms with Crippen molar-refractivity contribution in [3.63, 3.8) is 0 Å². The summed E-state index contributed by atoms with van der Waals surface area (Å²) >= 11 is 3.54. The molecule has 0 N–H and O–H groups in total. The molecule has 0 aromatic heterocycles. The topological polar surface area (TPSA) is 27.7 Å². The van der Waals surface area contributed by atoms with Crippen molar-refractivity contribution in [2.24, 2.45) is 0 Å². The van der Waals surface area contributed by atoms with Crippen molar-refractivity contribution < 1.29 is 13.6 Å². The number of unbranched alkanes of at least 4 members (excludes halogenated alkanes) is 20. The Morgan fingerprint density at radius 1 is 0.469 bits per heavy atom. The summed E-state index contributed by atoms with van der Waals surface area (Å²) in [4.78, 5) is 0. The van der Waals surface area contributed by atoms with Crippen molar-refractivity contribution in [2.45, 2.75) is 213 Å². The Morgan fingerprint density at radius 3 is 1.37 bits per heavy atom. The molecule has 1 atom stereocenters. The minimum Gasteiger partial charge on any atom is -0.394 e. The molecule has 0 heterocycles. The molecule has 0 aromatic rings. The van der Waals surface area contributed by atoms with E-state index in [-0.39, 0.29) is 6.29 Å². The summed E-state index contributed by atoms with van der Waals surface area (Å²) in [5, 5.41) is 1.10. The van der Waals surface area contributed by atoms with Gasteiger partial charge >= 0.3 is 8.56 Å². The number of hydrogen-bond acceptors (Lipinski definition) is 3. The maximum atomic E-state index is 6.58. The van der Waals surface area contributed by atoms with Crippen LogP contribution in [-0.4, -0.2) is 33.4 Å². The zero-order valence-corrected chi connectivity index (χ0v) is 35.8. The molecule has 0 spiro atoms. The number of halogens is 1. The second-order valence-corrected chi connectivity index (χ2v) is 18.5. The smallest absolute Gasteiger partial charge is 0.333 e. The van der Waals surface area contributed by atoms with E-state index in [2.05, 4.69) is 91.5 Å². The third-order valence-corrected chi connectivity index (χ3v) is 11.2. The van der Waals surface area contributed by atoms with Crippen molar-refractivity contribution in [1.29, 1.82) is 0 Å². The summed E-state index contributed by atoms with van der Waals surface area (Å²) in [6.45, 7) is 10.5. The predicted molar refractivity (Wildman–Crippen MR) is 225 cm³/mol. The highest BCUT2D eigenvalue weighted by atomic mass is 79.9. The van der Waals surface area contributed by atoms with Crippen LogP contribution in [0.1, 0.15) is 194 Å². The van der Waals surface area contributed by atoms with Gasteiger partial charge in [0.2, 0.25) is 0 Å². The molecule has 0 bridgehead atoms. The SMILES string of the molecule is CCCCC/C=C\C/C=C\CCCCCCCCO[Si](C)(C)OC(CCCCCCC/C=C\C/C=C\CCCCC)OCCCCCCBr. The molecule has 0 aromatic carbocycles. The number of allylic oxidation sites excluding steroid dienone is 8.